The van der Waals surface area contributed by atoms with Crippen LogP contribution >= 0.6 is 35.3 Å². The second-order valence-electron chi connectivity index (χ2n) is 3.84. The lowest BCUT2D eigenvalue weighted by molar-refractivity contribution is 0.818. The number of aromatic nitrogens is 2. The zero-order valence-corrected chi connectivity index (χ0v) is 12.7. The third-order valence-electron chi connectivity index (χ3n) is 2.44. The Bertz CT molecular complexity index is 610. The molecule has 6 heteroatoms. The first-order chi connectivity index (χ1) is 9.31. The van der Waals surface area contributed by atoms with E-state index in [9.17, 15) is 0 Å². The van der Waals surface area contributed by atoms with Gasteiger partial charge in [-0.15, -0.1) is 5.10 Å². The van der Waals surface area contributed by atoms with Crippen LogP contribution in [-0.2, 0) is 0 Å². The molecule has 2 rings (SSSR count). The summed E-state index contributed by atoms with van der Waals surface area (Å²) in [7, 11) is 0. The maximum Gasteiger partial charge on any atom is 0.184 e. The van der Waals surface area contributed by atoms with Crippen molar-refractivity contribution in [1.82, 2.24) is 9.78 Å². The van der Waals surface area contributed by atoms with Crippen molar-refractivity contribution in [2.24, 2.45) is 0 Å². The quantitative estimate of drug-likeness (QED) is 0.449. The van der Waals surface area contributed by atoms with Gasteiger partial charge in [0.25, 0.3) is 0 Å². The van der Waals surface area contributed by atoms with Gasteiger partial charge in [-0.05, 0) is 37.2 Å². The Kier molecular flexibility index (Phi) is 5.58. The Morgan fingerprint density at radius 3 is 2.84 bits per heavy atom. The smallest absolute Gasteiger partial charge is 0.184 e. The predicted octanol–water partition coefficient (Wildman–Crippen LogP) is 4.45. The maximum absolute atomic E-state index is 8.46. The summed E-state index contributed by atoms with van der Waals surface area (Å²) in [5, 5.41) is 13.0. The van der Waals surface area contributed by atoms with E-state index in [1.165, 1.54) is 11.3 Å². The van der Waals surface area contributed by atoms with Gasteiger partial charge in [-0.2, -0.15) is 5.26 Å². The number of unbranched alkanes of at least 4 members (excludes halogenated alkanes) is 2. The van der Waals surface area contributed by atoms with Crippen LogP contribution in [0.1, 0.15) is 19.3 Å². The molecule has 1 aromatic carbocycles. The maximum atomic E-state index is 8.46. The molecule has 0 bridgehead atoms. The third kappa shape index (κ3) is 4.16. The first-order valence-electron chi connectivity index (χ1n) is 5.96. The third-order valence-corrected chi connectivity index (χ3v) is 4.89. The van der Waals surface area contributed by atoms with Crippen LogP contribution in [0.4, 0.5) is 0 Å². The van der Waals surface area contributed by atoms with Crippen LogP contribution in [0.25, 0.3) is 5.69 Å². The molecule has 0 aliphatic heterocycles. The highest BCUT2D eigenvalue weighted by atomic mass is 32.2. The van der Waals surface area contributed by atoms with Crippen molar-refractivity contribution in [3.05, 3.63) is 34.3 Å². The lowest BCUT2D eigenvalue weighted by atomic mass is 10.3. The SMILES string of the molecule is N#CCCCCSc1nn(-c2ccccc2)c(=S)s1. The molecular formula is C13H13N3S3. The van der Waals surface area contributed by atoms with Gasteiger partial charge in [0.1, 0.15) is 0 Å². The van der Waals surface area contributed by atoms with Crippen molar-refractivity contribution in [2.75, 3.05) is 5.75 Å². The van der Waals surface area contributed by atoms with Gasteiger partial charge < -0.3 is 0 Å². The molecule has 0 saturated heterocycles. The van der Waals surface area contributed by atoms with Gasteiger partial charge in [-0.3, -0.25) is 0 Å². The van der Waals surface area contributed by atoms with Crippen molar-refractivity contribution in [2.45, 2.75) is 23.6 Å². The lowest BCUT2D eigenvalue weighted by Gasteiger charge is -1.99. The van der Waals surface area contributed by atoms with Crippen molar-refractivity contribution < 1.29 is 0 Å². The van der Waals surface area contributed by atoms with Gasteiger partial charge in [0.15, 0.2) is 8.29 Å². The van der Waals surface area contributed by atoms with Crippen molar-refractivity contribution in [3.8, 4) is 11.8 Å². The van der Waals surface area contributed by atoms with Gasteiger partial charge in [0.2, 0.25) is 0 Å². The predicted molar refractivity (Wildman–Crippen MR) is 82.5 cm³/mol. The van der Waals surface area contributed by atoms with E-state index >= 15 is 0 Å². The summed E-state index contributed by atoms with van der Waals surface area (Å²) in [4.78, 5) is 0. The van der Waals surface area contributed by atoms with Crippen molar-refractivity contribution in [3.63, 3.8) is 0 Å². The van der Waals surface area contributed by atoms with Crippen molar-refractivity contribution >= 4 is 35.3 Å². The number of benzene rings is 1. The summed E-state index contributed by atoms with van der Waals surface area (Å²) >= 11 is 8.59. The summed E-state index contributed by atoms with van der Waals surface area (Å²) in [5.41, 5.74) is 1.00. The number of hydrogen-bond donors (Lipinski definition) is 0. The normalized spacial score (nSPS) is 10.3. The van der Waals surface area contributed by atoms with E-state index < -0.39 is 0 Å². The van der Waals surface area contributed by atoms with E-state index in [0.717, 1.165) is 32.6 Å². The number of thioether (sulfide) groups is 1. The van der Waals surface area contributed by atoms with Gasteiger partial charge in [-0.25, -0.2) is 4.68 Å². The summed E-state index contributed by atoms with van der Waals surface area (Å²) in [5.74, 6) is 0.985. The van der Waals surface area contributed by atoms with Crippen LogP contribution in [0.5, 0.6) is 0 Å². The molecule has 0 atom stereocenters. The highest BCUT2D eigenvalue weighted by Gasteiger charge is 2.05. The first-order valence-corrected chi connectivity index (χ1v) is 8.17. The Labute approximate surface area is 125 Å². The fraction of sp³-hybridized carbons (Fsp3) is 0.308. The Morgan fingerprint density at radius 2 is 2.11 bits per heavy atom. The largest absolute Gasteiger partial charge is 0.211 e. The summed E-state index contributed by atoms with van der Waals surface area (Å²) in [6.45, 7) is 0. The van der Waals surface area contributed by atoms with Crippen LogP contribution in [0.2, 0.25) is 0 Å². The van der Waals surface area contributed by atoms with Crippen LogP contribution in [-0.4, -0.2) is 15.5 Å². The molecule has 0 N–H and O–H groups in total. The van der Waals surface area contributed by atoms with E-state index in [4.69, 9.17) is 17.5 Å². The summed E-state index contributed by atoms with van der Waals surface area (Å²) in [6.07, 6.45) is 2.62. The van der Waals surface area contributed by atoms with Gasteiger partial charge in [0, 0.05) is 12.2 Å². The standard InChI is InChI=1S/C13H13N3S3/c14-9-5-2-6-10-18-12-15-16(13(17)19-12)11-7-3-1-4-8-11/h1,3-4,7-8H,2,5-6,10H2. The molecule has 0 fully saturated rings. The monoisotopic (exact) mass is 307 g/mol. The zero-order valence-electron chi connectivity index (χ0n) is 10.3. The molecule has 0 saturated carbocycles. The first kappa shape index (κ1) is 14.3. The number of nitrogens with zero attached hydrogens (tertiary/aromatic N) is 3. The average molecular weight is 307 g/mol. The van der Waals surface area contributed by atoms with E-state index in [2.05, 4.69) is 11.2 Å². The second kappa shape index (κ2) is 7.43. The van der Waals surface area contributed by atoms with Gasteiger partial charge in [0.05, 0.1) is 11.8 Å². The molecule has 0 aliphatic carbocycles. The van der Waals surface area contributed by atoms with Crippen LogP contribution in [0.15, 0.2) is 34.7 Å². The molecule has 2 aromatic rings. The van der Waals surface area contributed by atoms with Crippen molar-refractivity contribution in [1.29, 1.82) is 5.26 Å². The van der Waals surface area contributed by atoms with Crippen LogP contribution < -0.4 is 0 Å². The number of hydrogen-bond acceptors (Lipinski definition) is 5. The van der Waals surface area contributed by atoms with Gasteiger partial charge >= 0.3 is 0 Å². The van der Waals surface area contributed by atoms with E-state index in [1.54, 1.807) is 16.4 Å². The molecule has 0 amide bonds. The lowest BCUT2D eigenvalue weighted by Crippen LogP contribution is -1.95. The molecule has 98 valence electrons. The molecule has 0 aliphatic rings. The van der Waals surface area contributed by atoms with E-state index in [1.807, 2.05) is 30.3 Å². The number of nitriles is 1. The number of para-hydroxylation sites is 1. The molecular weight excluding hydrogens is 294 g/mol. The number of rotatable bonds is 6. The fourth-order valence-corrected chi connectivity index (χ4v) is 3.95. The highest BCUT2D eigenvalue weighted by Crippen LogP contribution is 2.24. The highest BCUT2D eigenvalue weighted by molar-refractivity contribution is 8.01. The van der Waals surface area contributed by atoms with E-state index in [-0.39, 0.29) is 0 Å². The van der Waals surface area contributed by atoms with E-state index in [0.29, 0.717) is 6.42 Å². The molecule has 0 unspecified atom stereocenters. The Morgan fingerprint density at radius 1 is 1.32 bits per heavy atom. The zero-order chi connectivity index (χ0) is 13.5. The average Bonchev–Trinajstić information content (AvgIpc) is 2.81. The summed E-state index contributed by atoms with van der Waals surface area (Å²) in [6, 6.07) is 12.1. The minimum atomic E-state index is 0.634. The summed E-state index contributed by atoms with van der Waals surface area (Å²) < 4.78 is 3.56. The second-order valence-corrected chi connectivity index (χ2v) is 6.81. The molecule has 19 heavy (non-hydrogen) atoms. The molecule has 1 aromatic heterocycles. The Balaban J connectivity index is 1.98. The molecule has 0 spiro atoms. The van der Waals surface area contributed by atoms with Crippen LogP contribution in [0, 0.1) is 15.3 Å². The molecule has 3 nitrogen and oxygen atoms in total. The molecule has 1 heterocycles. The molecule has 0 radical (unpaired) electrons. The fourth-order valence-electron chi connectivity index (χ4n) is 1.52. The topological polar surface area (TPSA) is 41.6 Å². The Hall–Kier alpha value is -1.16. The van der Waals surface area contributed by atoms with Gasteiger partial charge in [-0.1, -0.05) is 41.3 Å². The van der Waals surface area contributed by atoms with Crippen LogP contribution in [0.3, 0.4) is 0 Å². The minimum Gasteiger partial charge on any atom is -0.211 e. The minimum absolute atomic E-state index is 0.634.